The van der Waals surface area contributed by atoms with Crippen LogP contribution in [0.1, 0.15) is 35.8 Å². The maximum Gasteiger partial charge on any atom is 0.247 e. The number of carbonyl (C=O) groups is 1. The number of nitrogens with zero attached hydrogens (tertiary/aromatic N) is 1. The quantitative estimate of drug-likeness (QED) is 0.504. The van der Waals surface area contributed by atoms with Gasteiger partial charge >= 0.3 is 0 Å². The molecule has 1 unspecified atom stereocenters. The smallest absolute Gasteiger partial charge is 0.247 e. The summed E-state index contributed by atoms with van der Waals surface area (Å²) in [5, 5.41) is 0. The van der Waals surface area contributed by atoms with Crippen molar-refractivity contribution >= 4 is 22.0 Å². The summed E-state index contributed by atoms with van der Waals surface area (Å²) in [7, 11) is -2.03. The van der Waals surface area contributed by atoms with Gasteiger partial charge in [0, 0.05) is 12.6 Å². The maximum atomic E-state index is 12.8. The van der Waals surface area contributed by atoms with Crippen LogP contribution >= 0.6 is 0 Å². The van der Waals surface area contributed by atoms with E-state index in [0.717, 1.165) is 29.7 Å². The summed E-state index contributed by atoms with van der Waals surface area (Å²) in [6, 6.07) is 17.6. The number of likely N-dealkylation sites (tertiary alicyclic amines) is 1. The molecule has 0 aliphatic carbocycles. The number of methoxy groups -OCH3 is 1. The predicted molar refractivity (Wildman–Crippen MR) is 125 cm³/mol. The third-order valence-corrected chi connectivity index (χ3v) is 7.08. The first-order valence-corrected chi connectivity index (χ1v) is 12.2. The Labute approximate surface area is 193 Å². The van der Waals surface area contributed by atoms with Gasteiger partial charge in [-0.25, -0.2) is 13.1 Å². The van der Waals surface area contributed by atoms with Crippen LogP contribution in [0.4, 0.5) is 0 Å². The number of hydrogen-bond acceptors (Lipinski definition) is 5. The molecule has 1 aliphatic rings. The van der Waals surface area contributed by atoms with Crippen molar-refractivity contribution in [1.82, 2.24) is 9.62 Å². The van der Waals surface area contributed by atoms with E-state index < -0.39 is 10.0 Å². The van der Waals surface area contributed by atoms with E-state index in [1.54, 1.807) is 43.5 Å². The van der Waals surface area contributed by atoms with E-state index in [1.807, 2.05) is 29.2 Å². The second kappa shape index (κ2) is 10.1. The van der Waals surface area contributed by atoms with Crippen molar-refractivity contribution in [2.45, 2.75) is 30.3 Å². The van der Waals surface area contributed by atoms with Gasteiger partial charge in [0.1, 0.15) is 11.5 Å². The molecule has 1 amide bonds. The van der Waals surface area contributed by atoms with Crippen molar-refractivity contribution in [1.29, 1.82) is 0 Å². The number of nitrogens with one attached hydrogen (secondary N) is 1. The molecule has 3 aromatic rings. The van der Waals surface area contributed by atoms with Crippen LogP contribution in [-0.4, -0.2) is 32.9 Å². The van der Waals surface area contributed by atoms with Crippen LogP contribution in [0.3, 0.4) is 0 Å². The highest BCUT2D eigenvalue weighted by atomic mass is 32.2. The maximum absolute atomic E-state index is 12.8. The van der Waals surface area contributed by atoms with E-state index in [2.05, 4.69) is 4.72 Å². The molecule has 1 fully saturated rings. The second-order valence-corrected chi connectivity index (χ2v) is 9.54. The Balaban J connectivity index is 1.39. The Kier molecular flexibility index (Phi) is 6.96. The van der Waals surface area contributed by atoms with E-state index in [-0.39, 0.29) is 23.4 Å². The molecule has 7 nitrogen and oxygen atoms in total. The lowest BCUT2D eigenvalue weighted by molar-refractivity contribution is -0.126. The molecule has 33 heavy (non-hydrogen) atoms. The van der Waals surface area contributed by atoms with Gasteiger partial charge in [0.15, 0.2) is 0 Å². The molecule has 0 saturated carbocycles. The summed E-state index contributed by atoms with van der Waals surface area (Å²) in [6.45, 7) is 0.787. The predicted octanol–water partition coefficient (Wildman–Crippen LogP) is 4.14. The van der Waals surface area contributed by atoms with Crippen LogP contribution in [0, 0.1) is 0 Å². The van der Waals surface area contributed by atoms with Crippen LogP contribution in [0.5, 0.6) is 5.75 Å². The zero-order valence-electron chi connectivity index (χ0n) is 18.3. The molecule has 2 heterocycles. The molecule has 1 aromatic heterocycles. The molecular weight excluding hydrogens is 440 g/mol. The van der Waals surface area contributed by atoms with Crippen molar-refractivity contribution in [3.05, 3.63) is 89.9 Å². The Morgan fingerprint density at radius 2 is 1.91 bits per heavy atom. The minimum atomic E-state index is -3.66. The molecular formula is C25H26N2O5S. The number of amides is 1. The number of sulfonamides is 1. The summed E-state index contributed by atoms with van der Waals surface area (Å²) in [6.07, 6.45) is 6.61. The first-order chi connectivity index (χ1) is 16.0. The largest absolute Gasteiger partial charge is 0.497 e. The van der Waals surface area contributed by atoms with E-state index in [1.165, 1.54) is 18.4 Å². The van der Waals surface area contributed by atoms with Gasteiger partial charge in [0.25, 0.3) is 0 Å². The molecule has 4 rings (SSSR count). The van der Waals surface area contributed by atoms with Crippen LogP contribution in [0.25, 0.3) is 6.08 Å². The van der Waals surface area contributed by atoms with Gasteiger partial charge < -0.3 is 14.1 Å². The minimum Gasteiger partial charge on any atom is -0.497 e. The molecule has 2 aromatic carbocycles. The molecule has 0 spiro atoms. The lowest BCUT2D eigenvalue weighted by Gasteiger charge is -2.24. The average molecular weight is 467 g/mol. The third-order valence-electron chi connectivity index (χ3n) is 5.66. The molecule has 172 valence electrons. The summed E-state index contributed by atoms with van der Waals surface area (Å²) in [4.78, 5) is 14.9. The molecule has 0 bridgehead atoms. The van der Waals surface area contributed by atoms with E-state index >= 15 is 0 Å². The van der Waals surface area contributed by atoms with E-state index in [9.17, 15) is 13.2 Å². The number of furan rings is 1. The molecule has 8 heteroatoms. The lowest BCUT2D eigenvalue weighted by Crippen LogP contribution is -2.28. The first-order valence-electron chi connectivity index (χ1n) is 10.7. The van der Waals surface area contributed by atoms with Gasteiger partial charge in [-0.1, -0.05) is 24.3 Å². The van der Waals surface area contributed by atoms with Gasteiger partial charge in [-0.05, 0) is 66.4 Å². The topological polar surface area (TPSA) is 88.8 Å². The zero-order chi connectivity index (χ0) is 23.3. The highest BCUT2D eigenvalue weighted by Crippen LogP contribution is 2.33. The summed E-state index contributed by atoms with van der Waals surface area (Å²) >= 11 is 0. The normalized spacial score (nSPS) is 16.4. The van der Waals surface area contributed by atoms with Crippen LogP contribution in [-0.2, 0) is 21.4 Å². The van der Waals surface area contributed by atoms with Crippen LogP contribution in [0.2, 0.25) is 0 Å². The summed E-state index contributed by atoms with van der Waals surface area (Å²) in [5.41, 5.74) is 1.83. The monoisotopic (exact) mass is 466 g/mol. The standard InChI is InChI=1S/C25H26N2O5S/c1-31-21-11-9-20(10-12-21)24-5-2-16-27(24)25(28)15-8-19-6-13-23(14-7-19)33(29,30)26-18-22-4-3-17-32-22/h3-4,6-15,17,24,26H,2,5,16,18H2,1H3. The van der Waals surface area contributed by atoms with Crippen LogP contribution < -0.4 is 9.46 Å². The summed E-state index contributed by atoms with van der Waals surface area (Å²) in [5.74, 6) is 1.26. The Bertz CT molecular complexity index is 1200. The van der Waals surface area contributed by atoms with E-state index in [0.29, 0.717) is 12.3 Å². The van der Waals surface area contributed by atoms with Gasteiger partial charge in [-0.2, -0.15) is 0 Å². The Morgan fingerprint density at radius 3 is 2.58 bits per heavy atom. The van der Waals surface area contributed by atoms with E-state index in [4.69, 9.17) is 9.15 Å². The van der Waals surface area contributed by atoms with Crippen LogP contribution in [0.15, 0.2) is 82.3 Å². The highest BCUT2D eigenvalue weighted by Gasteiger charge is 2.28. The Morgan fingerprint density at radius 1 is 1.15 bits per heavy atom. The molecule has 1 saturated heterocycles. The van der Waals surface area contributed by atoms with Crippen molar-refractivity contribution < 1.29 is 22.4 Å². The Hall–Kier alpha value is -3.36. The molecule has 1 N–H and O–H groups in total. The second-order valence-electron chi connectivity index (χ2n) is 7.77. The minimum absolute atomic E-state index is 0.0424. The van der Waals surface area contributed by atoms with Gasteiger partial charge in [0.2, 0.25) is 15.9 Å². The zero-order valence-corrected chi connectivity index (χ0v) is 19.1. The number of carbonyl (C=O) groups excluding carboxylic acids is 1. The number of benzene rings is 2. The van der Waals surface area contributed by atoms with Gasteiger partial charge in [-0.3, -0.25) is 4.79 Å². The third kappa shape index (κ3) is 5.53. The fourth-order valence-corrected chi connectivity index (χ4v) is 4.88. The van der Waals surface area contributed by atoms with Gasteiger partial charge in [-0.15, -0.1) is 0 Å². The highest BCUT2D eigenvalue weighted by molar-refractivity contribution is 7.89. The number of hydrogen-bond donors (Lipinski definition) is 1. The SMILES string of the molecule is COc1ccc(C2CCCN2C(=O)C=Cc2ccc(S(=O)(=O)NCc3ccco3)cc2)cc1. The fraction of sp³-hybridized carbons (Fsp3) is 0.240. The lowest BCUT2D eigenvalue weighted by atomic mass is 10.0. The first kappa shape index (κ1) is 22.8. The number of ether oxygens (including phenoxy) is 1. The average Bonchev–Trinajstić information content (AvgIpc) is 3.54. The van der Waals surface area contributed by atoms with Crippen molar-refractivity contribution in [2.75, 3.05) is 13.7 Å². The van der Waals surface area contributed by atoms with Crippen molar-refractivity contribution in [3.8, 4) is 5.75 Å². The molecule has 1 atom stereocenters. The van der Waals surface area contributed by atoms with Gasteiger partial charge in [0.05, 0.1) is 30.9 Å². The fourth-order valence-electron chi connectivity index (χ4n) is 3.89. The number of rotatable bonds is 8. The molecule has 1 aliphatic heterocycles. The summed E-state index contributed by atoms with van der Waals surface area (Å²) < 4.78 is 37.8. The van der Waals surface area contributed by atoms with Crippen molar-refractivity contribution in [3.63, 3.8) is 0 Å². The van der Waals surface area contributed by atoms with Crippen molar-refractivity contribution in [2.24, 2.45) is 0 Å². The molecule has 0 radical (unpaired) electrons.